The van der Waals surface area contributed by atoms with Gasteiger partial charge >= 0.3 is 0 Å². The summed E-state index contributed by atoms with van der Waals surface area (Å²) in [6, 6.07) is 15.8. The lowest BCUT2D eigenvalue weighted by atomic mass is 9.95. The number of carbonyl (C=O) groups excluding carboxylic acids is 2. The maximum Gasteiger partial charge on any atom is 0.254 e. The summed E-state index contributed by atoms with van der Waals surface area (Å²) in [7, 11) is 0. The monoisotopic (exact) mass is 392 g/mol. The summed E-state index contributed by atoms with van der Waals surface area (Å²) in [5, 5.41) is 7.13. The van der Waals surface area contributed by atoms with E-state index in [4.69, 9.17) is 0 Å². The van der Waals surface area contributed by atoms with Gasteiger partial charge in [0.1, 0.15) is 0 Å². The Balaban J connectivity index is 1.45. The molecule has 4 nitrogen and oxygen atoms in total. The third kappa shape index (κ3) is 3.80. The molecule has 1 saturated heterocycles. The number of aryl methyl sites for hydroxylation is 1. The quantitative estimate of drug-likeness (QED) is 0.716. The fourth-order valence-corrected chi connectivity index (χ4v) is 4.70. The molecular weight excluding hydrogens is 368 g/mol. The van der Waals surface area contributed by atoms with Crippen LogP contribution in [0.5, 0.6) is 0 Å². The van der Waals surface area contributed by atoms with Crippen LogP contribution in [0.25, 0.3) is 10.8 Å². The largest absolute Gasteiger partial charge is 0.351 e. The molecule has 0 radical (unpaired) electrons. The molecule has 0 spiro atoms. The molecule has 2 amide bonds. The first kappa shape index (κ1) is 18.7. The number of amides is 2. The number of carbonyl (C=O) groups is 2. The molecular formula is C23H24N2O2S. The second kappa shape index (κ2) is 8.15. The number of nitrogens with zero attached hydrogens (tertiary/aromatic N) is 1. The van der Waals surface area contributed by atoms with Gasteiger partial charge in [0.25, 0.3) is 5.91 Å². The average molecular weight is 393 g/mol. The molecule has 28 heavy (non-hydrogen) atoms. The molecule has 0 saturated carbocycles. The number of thiophene rings is 1. The van der Waals surface area contributed by atoms with Crippen molar-refractivity contribution in [2.45, 2.75) is 26.3 Å². The Kier molecular flexibility index (Phi) is 5.44. The molecule has 2 aromatic carbocycles. The van der Waals surface area contributed by atoms with Crippen LogP contribution in [0.4, 0.5) is 0 Å². The highest BCUT2D eigenvalue weighted by molar-refractivity contribution is 7.10. The lowest BCUT2D eigenvalue weighted by molar-refractivity contribution is -0.126. The maximum atomic E-state index is 13.2. The Hall–Kier alpha value is -2.66. The van der Waals surface area contributed by atoms with Crippen molar-refractivity contribution in [3.63, 3.8) is 0 Å². The topological polar surface area (TPSA) is 49.4 Å². The van der Waals surface area contributed by atoms with Crippen LogP contribution in [-0.4, -0.2) is 29.8 Å². The fraction of sp³-hybridized carbons (Fsp3) is 0.304. The summed E-state index contributed by atoms with van der Waals surface area (Å²) in [5.74, 6) is -0.0837. The van der Waals surface area contributed by atoms with Crippen molar-refractivity contribution in [1.82, 2.24) is 10.2 Å². The van der Waals surface area contributed by atoms with Crippen LogP contribution in [-0.2, 0) is 11.3 Å². The van der Waals surface area contributed by atoms with Crippen molar-refractivity contribution < 1.29 is 9.59 Å². The van der Waals surface area contributed by atoms with Crippen LogP contribution in [0.1, 0.15) is 33.6 Å². The van der Waals surface area contributed by atoms with Gasteiger partial charge in [-0.15, -0.1) is 11.3 Å². The van der Waals surface area contributed by atoms with Gasteiger partial charge in [0.15, 0.2) is 0 Å². The normalized spacial score (nSPS) is 16.9. The zero-order valence-corrected chi connectivity index (χ0v) is 16.8. The zero-order chi connectivity index (χ0) is 19.5. The van der Waals surface area contributed by atoms with E-state index < -0.39 is 0 Å². The summed E-state index contributed by atoms with van der Waals surface area (Å²) >= 11 is 1.66. The molecule has 4 rings (SSSR count). The van der Waals surface area contributed by atoms with Gasteiger partial charge < -0.3 is 10.2 Å². The van der Waals surface area contributed by atoms with Crippen molar-refractivity contribution in [2.75, 3.05) is 13.1 Å². The lowest BCUT2D eigenvalue weighted by Crippen LogP contribution is -2.45. The van der Waals surface area contributed by atoms with E-state index in [1.54, 1.807) is 11.3 Å². The van der Waals surface area contributed by atoms with Gasteiger partial charge in [0, 0.05) is 23.5 Å². The van der Waals surface area contributed by atoms with Gasteiger partial charge in [-0.05, 0) is 53.6 Å². The molecule has 1 fully saturated rings. The number of piperidine rings is 1. The van der Waals surface area contributed by atoms with Crippen molar-refractivity contribution >= 4 is 33.9 Å². The third-order valence-electron chi connectivity index (χ3n) is 5.49. The van der Waals surface area contributed by atoms with Crippen molar-refractivity contribution in [3.8, 4) is 0 Å². The van der Waals surface area contributed by atoms with E-state index >= 15 is 0 Å². The fourth-order valence-electron chi connectivity index (χ4n) is 3.85. The van der Waals surface area contributed by atoms with E-state index in [-0.39, 0.29) is 17.7 Å². The summed E-state index contributed by atoms with van der Waals surface area (Å²) in [5.41, 5.74) is 1.93. The van der Waals surface area contributed by atoms with E-state index in [0.29, 0.717) is 25.2 Å². The third-order valence-corrected chi connectivity index (χ3v) is 6.51. The first-order valence-electron chi connectivity index (χ1n) is 9.71. The Morgan fingerprint density at radius 3 is 2.79 bits per heavy atom. The second-order valence-corrected chi connectivity index (χ2v) is 8.36. The van der Waals surface area contributed by atoms with Crippen LogP contribution in [0.3, 0.4) is 0 Å². The van der Waals surface area contributed by atoms with Crippen molar-refractivity contribution in [2.24, 2.45) is 5.92 Å². The number of rotatable bonds is 4. The first-order chi connectivity index (χ1) is 13.6. The van der Waals surface area contributed by atoms with Crippen molar-refractivity contribution in [3.05, 3.63) is 69.9 Å². The standard InChI is InChI=1S/C23H24N2O2S/c1-16-11-13-28-21(16)14-24-22(26)18-8-5-12-25(15-18)23(27)20-10-4-7-17-6-2-3-9-19(17)20/h2-4,6-7,9-11,13,18H,5,8,12,14-15H2,1H3,(H,24,26). The molecule has 3 aromatic rings. The summed E-state index contributed by atoms with van der Waals surface area (Å²) in [6.07, 6.45) is 1.68. The number of likely N-dealkylation sites (tertiary alicyclic amines) is 1. The molecule has 1 aliphatic rings. The Morgan fingerprint density at radius 2 is 1.96 bits per heavy atom. The molecule has 2 heterocycles. The highest BCUT2D eigenvalue weighted by atomic mass is 32.1. The maximum absolute atomic E-state index is 13.2. The highest BCUT2D eigenvalue weighted by Gasteiger charge is 2.29. The van der Waals surface area contributed by atoms with Gasteiger partial charge in [-0.3, -0.25) is 9.59 Å². The minimum absolute atomic E-state index is 0.0170. The Labute approximate surface area is 169 Å². The number of fused-ring (bicyclic) bond motifs is 1. The van der Waals surface area contributed by atoms with E-state index in [1.165, 1.54) is 10.4 Å². The van der Waals surface area contributed by atoms with E-state index in [2.05, 4.69) is 18.3 Å². The van der Waals surface area contributed by atoms with Gasteiger partial charge in [-0.25, -0.2) is 0 Å². The van der Waals surface area contributed by atoms with Gasteiger partial charge in [0.05, 0.1) is 12.5 Å². The first-order valence-corrected chi connectivity index (χ1v) is 10.6. The molecule has 1 aromatic heterocycles. The zero-order valence-electron chi connectivity index (χ0n) is 16.0. The number of hydrogen-bond acceptors (Lipinski definition) is 3. The van der Waals surface area contributed by atoms with Crippen LogP contribution in [0, 0.1) is 12.8 Å². The van der Waals surface area contributed by atoms with E-state index in [0.717, 1.165) is 23.6 Å². The van der Waals surface area contributed by atoms with Crippen LogP contribution in [0.2, 0.25) is 0 Å². The molecule has 1 unspecified atom stereocenters. The second-order valence-electron chi connectivity index (χ2n) is 7.36. The summed E-state index contributed by atoms with van der Waals surface area (Å²) in [6.45, 7) is 3.81. The Morgan fingerprint density at radius 1 is 1.14 bits per heavy atom. The van der Waals surface area contributed by atoms with Gasteiger partial charge in [-0.1, -0.05) is 36.4 Å². The Bertz CT molecular complexity index is 1010. The van der Waals surface area contributed by atoms with E-state index in [9.17, 15) is 9.59 Å². The lowest BCUT2D eigenvalue weighted by Gasteiger charge is -2.32. The number of benzene rings is 2. The molecule has 0 bridgehead atoms. The molecule has 0 aliphatic carbocycles. The van der Waals surface area contributed by atoms with Crippen LogP contribution >= 0.6 is 11.3 Å². The molecule has 1 atom stereocenters. The molecule has 5 heteroatoms. The molecule has 1 N–H and O–H groups in total. The minimum atomic E-state index is -0.145. The number of nitrogens with one attached hydrogen (secondary N) is 1. The van der Waals surface area contributed by atoms with Crippen LogP contribution < -0.4 is 5.32 Å². The van der Waals surface area contributed by atoms with Crippen LogP contribution in [0.15, 0.2) is 53.9 Å². The predicted octanol–water partition coefficient (Wildman–Crippen LogP) is 4.38. The SMILES string of the molecule is Cc1ccsc1CNC(=O)C1CCCN(C(=O)c2cccc3ccccc23)C1. The van der Waals surface area contributed by atoms with Gasteiger partial charge in [0.2, 0.25) is 5.91 Å². The number of hydrogen-bond donors (Lipinski definition) is 1. The smallest absolute Gasteiger partial charge is 0.254 e. The predicted molar refractivity (Wildman–Crippen MR) is 113 cm³/mol. The molecule has 144 valence electrons. The summed E-state index contributed by atoms with van der Waals surface area (Å²) in [4.78, 5) is 28.9. The average Bonchev–Trinajstić information content (AvgIpc) is 3.16. The van der Waals surface area contributed by atoms with Gasteiger partial charge in [-0.2, -0.15) is 0 Å². The minimum Gasteiger partial charge on any atom is -0.351 e. The highest BCUT2D eigenvalue weighted by Crippen LogP contribution is 2.24. The molecule has 1 aliphatic heterocycles. The van der Waals surface area contributed by atoms with Crippen molar-refractivity contribution in [1.29, 1.82) is 0 Å². The van der Waals surface area contributed by atoms with E-state index in [1.807, 2.05) is 52.7 Å². The summed E-state index contributed by atoms with van der Waals surface area (Å²) < 4.78 is 0.